The maximum atomic E-state index is 12.5. The van der Waals surface area contributed by atoms with Crippen LogP contribution in [0, 0.1) is 17.3 Å². The summed E-state index contributed by atoms with van der Waals surface area (Å²) in [6, 6.07) is 5.16. The van der Waals surface area contributed by atoms with Crippen LogP contribution in [-0.2, 0) is 11.3 Å². The van der Waals surface area contributed by atoms with E-state index < -0.39 is 5.60 Å². The van der Waals surface area contributed by atoms with E-state index in [2.05, 4.69) is 5.32 Å². The van der Waals surface area contributed by atoms with Gasteiger partial charge in [0.15, 0.2) is 11.5 Å². The van der Waals surface area contributed by atoms with Crippen LogP contribution in [0.2, 0.25) is 0 Å². The second-order valence-electron chi connectivity index (χ2n) is 8.65. The molecule has 4 bridgehead atoms. The highest BCUT2D eigenvalue weighted by molar-refractivity contribution is 5.76. The molecule has 0 spiro atoms. The van der Waals surface area contributed by atoms with Crippen LogP contribution in [0.1, 0.15) is 50.5 Å². The van der Waals surface area contributed by atoms with Crippen LogP contribution in [0.15, 0.2) is 18.2 Å². The molecule has 2 unspecified atom stereocenters. The monoisotopic (exact) mass is 345 g/mol. The quantitative estimate of drug-likeness (QED) is 0.767. The zero-order valence-corrected chi connectivity index (χ0v) is 14.8. The van der Waals surface area contributed by atoms with E-state index in [1.807, 2.05) is 6.07 Å². The van der Waals surface area contributed by atoms with Crippen molar-refractivity contribution >= 4 is 5.91 Å². The number of aromatic hydroxyl groups is 1. The number of amides is 1. The number of nitrogens with one attached hydrogen (secondary N) is 1. The minimum Gasteiger partial charge on any atom is -0.504 e. The lowest BCUT2D eigenvalue weighted by Gasteiger charge is -2.60. The molecule has 1 aromatic rings. The van der Waals surface area contributed by atoms with Gasteiger partial charge in [0.1, 0.15) is 0 Å². The number of carbonyl (C=O) groups excluding carboxylic acids is 1. The van der Waals surface area contributed by atoms with Crippen molar-refractivity contribution in [3.05, 3.63) is 23.8 Å². The molecule has 136 valence electrons. The minimum absolute atomic E-state index is 0.00896. The Bertz CT molecular complexity index is 672. The van der Waals surface area contributed by atoms with Gasteiger partial charge in [0.2, 0.25) is 5.91 Å². The molecule has 5 nitrogen and oxygen atoms in total. The Morgan fingerprint density at radius 1 is 1.28 bits per heavy atom. The molecule has 4 aliphatic rings. The lowest BCUT2D eigenvalue weighted by molar-refractivity contribution is -0.169. The first-order valence-electron chi connectivity index (χ1n) is 9.24. The van der Waals surface area contributed by atoms with E-state index in [0.717, 1.165) is 37.7 Å². The van der Waals surface area contributed by atoms with Gasteiger partial charge in [-0.3, -0.25) is 4.79 Å². The van der Waals surface area contributed by atoms with Crippen molar-refractivity contribution in [2.45, 2.75) is 57.1 Å². The molecule has 5 heteroatoms. The third kappa shape index (κ3) is 3.22. The van der Waals surface area contributed by atoms with Crippen molar-refractivity contribution in [3.63, 3.8) is 0 Å². The number of phenols is 1. The number of methoxy groups -OCH3 is 1. The molecular weight excluding hydrogens is 318 g/mol. The smallest absolute Gasteiger partial charge is 0.220 e. The second kappa shape index (κ2) is 5.90. The Morgan fingerprint density at radius 2 is 2.00 bits per heavy atom. The van der Waals surface area contributed by atoms with Crippen LogP contribution in [0.3, 0.4) is 0 Å². The van der Waals surface area contributed by atoms with Crippen LogP contribution in [0.5, 0.6) is 11.5 Å². The fourth-order valence-corrected chi connectivity index (χ4v) is 6.06. The highest BCUT2D eigenvalue weighted by Crippen LogP contribution is 2.62. The molecule has 0 heterocycles. The molecule has 4 saturated carbocycles. The highest BCUT2D eigenvalue weighted by Gasteiger charge is 2.57. The number of ether oxygens (including phenoxy) is 1. The zero-order valence-electron chi connectivity index (χ0n) is 14.8. The molecule has 0 saturated heterocycles. The molecule has 5 rings (SSSR count). The Hall–Kier alpha value is -1.75. The topological polar surface area (TPSA) is 78.8 Å². The fourth-order valence-electron chi connectivity index (χ4n) is 6.06. The van der Waals surface area contributed by atoms with E-state index in [9.17, 15) is 15.0 Å². The molecule has 4 aliphatic carbocycles. The molecule has 3 N–H and O–H groups in total. The summed E-state index contributed by atoms with van der Waals surface area (Å²) < 4.78 is 5.03. The van der Waals surface area contributed by atoms with E-state index in [1.165, 1.54) is 13.5 Å². The number of aliphatic hydroxyl groups is 1. The van der Waals surface area contributed by atoms with Gasteiger partial charge in [0, 0.05) is 13.0 Å². The van der Waals surface area contributed by atoms with Gasteiger partial charge < -0.3 is 20.3 Å². The summed E-state index contributed by atoms with van der Waals surface area (Å²) in [6.07, 6.45) is 6.55. The third-order valence-corrected chi connectivity index (χ3v) is 6.42. The summed E-state index contributed by atoms with van der Waals surface area (Å²) >= 11 is 0. The first-order chi connectivity index (χ1) is 11.9. The average molecular weight is 345 g/mol. The van der Waals surface area contributed by atoms with E-state index in [4.69, 9.17) is 4.74 Å². The van der Waals surface area contributed by atoms with Gasteiger partial charge >= 0.3 is 0 Å². The van der Waals surface area contributed by atoms with E-state index in [1.54, 1.807) is 12.1 Å². The Kier molecular flexibility index (Phi) is 3.95. The standard InChI is InChI=1S/C20H27NO4/c1-25-17-3-2-13(5-16(17)22)11-21-18(23)10-19-6-14-4-15(7-19)9-20(24,8-14)12-19/h2-3,5,14-15,22,24H,4,6-12H2,1H3,(H,21,23). The van der Waals surface area contributed by atoms with Crippen LogP contribution < -0.4 is 10.1 Å². The van der Waals surface area contributed by atoms with Crippen molar-refractivity contribution in [2.24, 2.45) is 17.3 Å². The maximum Gasteiger partial charge on any atom is 0.220 e. The van der Waals surface area contributed by atoms with Crippen LogP contribution in [-0.4, -0.2) is 28.8 Å². The van der Waals surface area contributed by atoms with Crippen LogP contribution in [0.25, 0.3) is 0 Å². The van der Waals surface area contributed by atoms with E-state index in [0.29, 0.717) is 30.6 Å². The Morgan fingerprint density at radius 3 is 2.60 bits per heavy atom. The fraction of sp³-hybridized carbons (Fsp3) is 0.650. The maximum absolute atomic E-state index is 12.5. The number of carbonyl (C=O) groups is 1. The first-order valence-corrected chi connectivity index (χ1v) is 9.24. The molecule has 0 aromatic heterocycles. The predicted molar refractivity (Wildman–Crippen MR) is 93.2 cm³/mol. The summed E-state index contributed by atoms with van der Waals surface area (Å²) in [4.78, 5) is 12.5. The SMILES string of the molecule is COc1ccc(CNC(=O)CC23CC4CC(CC(O)(C4)C2)C3)cc1O. The summed E-state index contributed by atoms with van der Waals surface area (Å²) in [6.45, 7) is 0.392. The molecule has 1 aromatic carbocycles. The lowest BCUT2D eigenvalue weighted by Crippen LogP contribution is -2.56. The van der Waals surface area contributed by atoms with Crippen molar-refractivity contribution in [1.29, 1.82) is 0 Å². The van der Waals surface area contributed by atoms with Gasteiger partial charge in [-0.05, 0) is 73.5 Å². The van der Waals surface area contributed by atoms with Gasteiger partial charge in [-0.1, -0.05) is 6.07 Å². The van der Waals surface area contributed by atoms with Gasteiger partial charge in [0.25, 0.3) is 0 Å². The molecular formula is C20H27NO4. The largest absolute Gasteiger partial charge is 0.504 e. The number of hydrogen-bond acceptors (Lipinski definition) is 4. The van der Waals surface area contributed by atoms with E-state index >= 15 is 0 Å². The summed E-state index contributed by atoms with van der Waals surface area (Å²) in [5.74, 6) is 1.74. The van der Waals surface area contributed by atoms with E-state index in [-0.39, 0.29) is 17.1 Å². The van der Waals surface area contributed by atoms with Crippen LogP contribution >= 0.6 is 0 Å². The summed E-state index contributed by atoms with van der Waals surface area (Å²) in [5, 5.41) is 23.6. The Labute approximate surface area is 148 Å². The van der Waals surface area contributed by atoms with Crippen molar-refractivity contribution in [1.82, 2.24) is 5.32 Å². The zero-order chi connectivity index (χ0) is 17.7. The lowest BCUT2D eigenvalue weighted by atomic mass is 9.47. The molecule has 0 aliphatic heterocycles. The average Bonchev–Trinajstić information content (AvgIpc) is 2.50. The minimum atomic E-state index is -0.522. The highest BCUT2D eigenvalue weighted by atomic mass is 16.5. The summed E-state index contributed by atoms with van der Waals surface area (Å²) in [7, 11) is 1.51. The van der Waals surface area contributed by atoms with Gasteiger partial charge in [0.05, 0.1) is 12.7 Å². The predicted octanol–water partition coefficient (Wildman–Crippen LogP) is 2.74. The molecule has 1 amide bonds. The number of hydrogen-bond donors (Lipinski definition) is 3. The normalized spacial score (nSPS) is 35.6. The molecule has 2 atom stereocenters. The molecule has 4 fully saturated rings. The second-order valence-corrected chi connectivity index (χ2v) is 8.65. The van der Waals surface area contributed by atoms with Gasteiger partial charge in [-0.25, -0.2) is 0 Å². The third-order valence-electron chi connectivity index (χ3n) is 6.42. The molecule has 0 radical (unpaired) electrons. The Balaban J connectivity index is 1.37. The number of rotatable bonds is 5. The number of phenolic OH excluding ortho intramolecular Hbond substituents is 1. The van der Waals surface area contributed by atoms with Crippen molar-refractivity contribution in [3.8, 4) is 11.5 Å². The van der Waals surface area contributed by atoms with Crippen molar-refractivity contribution < 1.29 is 19.7 Å². The first kappa shape index (κ1) is 16.7. The van der Waals surface area contributed by atoms with Gasteiger partial charge in [-0.15, -0.1) is 0 Å². The van der Waals surface area contributed by atoms with Crippen molar-refractivity contribution in [2.75, 3.05) is 7.11 Å². The number of benzene rings is 1. The molecule has 25 heavy (non-hydrogen) atoms. The summed E-state index contributed by atoms with van der Waals surface area (Å²) in [5.41, 5.74) is 0.313. The van der Waals surface area contributed by atoms with Crippen LogP contribution in [0.4, 0.5) is 0 Å². The van der Waals surface area contributed by atoms with Gasteiger partial charge in [-0.2, -0.15) is 0 Å².